The number of hydrogen-bond acceptors (Lipinski definition) is 0. The van der Waals surface area contributed by atoms with Gasteiger partial charge < -0.3 is 24.8 Å². The molecule has 208 valence electrons. The third-order valence-electron chi connectivity index (χ3n) is 12.5. The van der Waals surface area contributed by atoms with E-state index in [1.165, 1.54) is 77.0 Å². The third kappa shape index (κ3) is 4.34. The van der Waals surface area contributed by atoms with E-state index in [-0.39, 0.29) is 24.8 Å². The van der Waals surface area contributed by atoms with Gasteiger partial charge in [0.05, 0.1) is 0 Å². The van der Waals surface area contributed by atoms with Crippen LogP contribution in [0.3, 0.4) is 0 Å². The summed E-state index contributed by atoms with van der Waals surface area (Å²) in [6.07, 6.45) is 23.7. The third-order valence-corrected chi connectivity index (χ3v) is 21.3. The number of benzene rings is 2. The first-order valence-electron chi connectivity index (χ1n) is 16.2. The normalized spacial score (nSPS) is 35.9. The molecule has 8 unspecified atom stereocenters. The summed E-state index contributed by atoms with van der Waals surface area (Å²) in [5.41, 5.74) is 10.5. The summed E-state index contributed by atoms with van der Waals surface area (Å²) in [5, 5.41) is 0. The Hall–Kier alpha value is -0.747. The number of rotatable bonds is 4. The van der Waals surface area contributed by atoms with Gasteiger partial charge in [0, 0.05) is 0 Å². The molecule has 0 nitrogen and oxygen atoms in total. The van der Waals surface area contributed by atoms with Crippen molar-refractivity contribution in [3.05, 3.63) is 82.9 Å². The van der Waals surface area contributed by atoms with Crippen LogP contribution in [0.4, 0.5) is 0 Å². The van der Waals surface area contributed by atoms with Gasteiger partial charge in [0.15, 0.2) is 0 Å². The molecule has 8 atom stereocenters. The van der Waals surface area contributed by atoms with E-state index in [1.807, 2.05) is 0 Å². The summed E-state index contributed by atoms with van der Waals surface area (Å²) in [6.45, 7) is 0. The van der Waals surface area contributed by atoms with E-state index in [1.54, 1.807) is 33.4 Å². The molecule has 0 aliphatic heterocycles. The topological polar surface area (TPSA) is 0 Å². The van der Waals surface area contributed by atoms with Crippen LogP contribution in [0.2, 0.25) is 0 Å². The first-order valence-corrected chi connectivity index (χ1v) is 20.2. The fourth-order valence-electron chi connectivity index (χ4n) is 10.9. The van der Waals surface area contributed by atoms with Gasteiger partial charge >= 0.3 is 238 Å². The van der Waals surface area contributed by atoms with Gasteiger partial charge in [-0.2, -0.15) is 0 Å². The van der Waals surface area contributed by atoms with Crippen LogP contribution >= 0.6 is 0 Å². The van der Waals surface area contributed by atoms with Crippen LogP contribution in [0.1, 0.15) is 107 Å². The number of allylic oxidation sites excluding steroid dienone is 4. The second kappa shape index (κ2) is 11.1. The van der Waals surface area contributed by atoms with Crippen molar-refractivity contribution in [1.82, 2.24) is 0 Å². The van der Waals surface area contributed by atoms with Crippen molar-refractivity contribution in [2.24, 2.45) is 35.5 Å². The van der Waals surface area contributed by atoms with E-state index in [0.717, 1.165) is 42.8 Å². The van der Waals surface area contributed by atoms with Gasteiger partial charge in [0.1, 0.15) is 0 Å². The van der Waals surface area contributed by atoms with Crippen LogP contribution in [0.15, 0.2) is 60.7 Å². The summed E-state index contributed by atoms with van der Waals surface area (Å²) >= 11 is -2.10. The summed E-state index contributed by atoms with van der Waals surface area (Å²) in [4.78, 5) is 0. The molecule has 4 bridgehead atoms. The molecule has 2 aromatic carbocycles. The molecule has 7 aliphatic rings. The van der Waals surface area contributed by atoms with E-state index in [2.05, 4.69) is 63.9 Å². The second-order valence-electron chi connectivity index (χ2n) is 14.2. The fourth-order valence-corrected chi connectivity index (χ4v) is 21.0. The molecule has 3 heteroatoms. The van der Waals surface area contributed by atoms with Crippen molar-refractivity contribution in [3.8, 4) is 0 Å². The van der Waals surface area contributed by atoms with E-state index in [4.69, 9.17) is 0 Å². The van der Waals surface area contributed by atoms with Gasteiger partial charge in [-0.25, -0.2) is 0 Å². The molecule has 0 saturated heterocycles. The Morgan fingerprint density at radius 2 is 1.02 bits per heavy atom. The average Bonchev–Trinajstić information content (AvgIpc) is 3.81. The summed E-state index contributed by atoms with van der Waals surface area (Å²) in [7, 11) is 0. The molecule has 0 N–H and O–H groups in total. The van der Waals surface area contributed by atoms with Gasteiger partial charge in [-0.1, -0.05) is 0 Å². The summed E-state index contributed by atoms with van der Waals surface area (Å²) in [6, 6.07) is 19.6. The molecule has 5 saturated carbocycles. The number of hydrogen-bond donors (Lipinski definition) is 0. The van der Waals surface area contributed by atoms with Crippen molar-refractivity contribution < 1.29 is 46.1 Å². The van der Waals surface area contributed by atoms with Gasteiger partial charge in [0.2, 0.25) is 0 Å². The Morgan fingerprint density at radius 3 is 1.45 bits per heavy atom. The van der Waals surface area contributed by atoms with Crippen LogP contribution in [0.25, 0.3) is 11.1 Å². The Balaban J connectivity index is 0.00000132. The average molecular weight is 649 g/mol. The van der Waals surface area contributed by atoms with Crippen molar-refractivity contribution in [3.63, 3.8) is 0 Å². The zero-order valence-electron chi connectivity index (χ0n) is 23.6. The second-order valence-corrected chi connectivity index (χ2v) is 21.2. The minimum atomic E-state index is -2.10. The number of fused-ring (bicyclic) bond motifs is 6. The van der Waals surface area contributed by atoms with Crippen molar-refractivity contribution in [2.75, 3.05) is 0 Å². The van der Waals surface area contributed by atoms with Gasteiger partial charge in [-0.15, -0.1) is 0 Å². The molecular weight excluding hydrogens is 607 g/mol. The zero-order chi connectivity index (χ0) is 24.8. The summed E-state index contributed by atoms with van der Waals surface area (Å²) in [5.74, 6) is 5.70. The molecule has 40 heavy (non-hydrogen) atoms. The predicted molar refractivity (Wildman–Crippen MR) is 156 cm³/mol. The van der Waals surface area contributed by atoms with E-state index >= 15 is 0 Å². The van der Waals surface area contributed by atoms with Crippen LogP contribution in [0, 0.1) is 35.5 Å². The first-order chi connectivity index (χ1) is 18.8. The maximum absolute atomic E-state index is 2.93. The molecular formula is C37H42Cl2Zr. The van der Waals surface area contributed by atoms with E-state index in [9.17, 15) is 0 Å². The SMILES string of the molecule is C1=C(C2CC3CCC2C3)c2ccccc2[CH]1[Zr+2](=[C]1CCCC1)[CH]1C=C(C2CC3CCC2C3)c2ccccc21.[Cl-].[Cl-]. The van der Waals surface area contributed by atoms with Crippen LogP contribution in [-0.4, -0.2) is 3.21 Å². The zero-order valence-corrected chi connectivity index (χ0v) is 27.6. The Labute approximate surface area is 261 Å². The maximum atomic E-state index is 2.93. The Kier molecular flexibility index (Phi) is 7.76. The van der Waals surface area contributed by atoms with Gasteiger partial charge in [-0.05, 0) is 0 Å². The van der Waals surface area contributed by atoms with Crippen molar-refractivity contribution >= 4 is 14.4 Å². The monoisotopic (exact) mass is 646 g/mol. The molecule has 9 rings (SSSR count). The molecule has 0 aromatic heterocycles. The quantitative estimate of drug-likeness (QED) is 0.477. The first kappa shape index (κ1) is 28.0. The molecule has 0 heterocycles. The maximum Gasteiger partial charge on any atom is -1.00 e. The molecule has 2 aromatic rings. The molecule has 7 aliphatic carbocycles. The van der Waals surface area contributed by atoms with Crippen LogP contribution < -0.4 is 24.8 Å². The molecule has 0 amide bonds. The minimum absolute atomic E-state index is 0. The largest absolute Gasteiger partial charge is 1.00 e. The van der Waals surface area contributed by atoms with E-state index < -0.39 is 21.3 Å². The smallest absolute Gasteiger partial charge is 1.00 e. The molecule has 0 radical (unpaired) electrons. The van der Waals surface area contributed by atoms with Crippen molar-refractivity contribution in [1.29, 1.82) is 0 Å². The fraction of sp³-hybridized carbons (Fsp3) is 0.541. The Bertz CT molecular complexity index is 1300. The van der Waals surface area contributed by atoms with Gasteiger partial charge in [-0.3, -0.25) is 0 Å². The van der Waals surface area contributed by atoms with Crippen LogP contribution in [0.5, 0.6) is 0 Å². The Morgan fingerprint density at radius 1 is 0.550 bits per heavy atom. The minimum Gasteiger partial charge on any atom is -1.00 e. The number of halogens is 2. The van der Waals surface area contributed by atoms with Crippen molar-refractivity contribution in [2.45, 2.75) is 84.3 Å². The molecule has 0 spiro atoms. The predicted octanol–water partition coefficient (Wildman–Crippen LogP) is 3.51. The standard InChI is InChI=1S/2C16H17.C5H8.2ClH.Zr/c2*1-2-4-14-12(3-1)7-8-15(14)16-10-11-5-6-13(16)9-11;1-2-4-5-3-1;;;/h2*1-4,7-8,11,13,16H,5-6,9-10H2;1-4H2;2*1H;/q;;;;;+2/p-2. The van der Waals surface area contributed by atoms with Crippen LogP contribution in [-0.2, 0) is 21.3 Å². The van der Waals surface area contributed by atoms with E-state index in [0.29, 0.717) is 0 Å². The molecule has 5 fully saturated rings. The van der Waals surface area contributed by atoms with Gasteiger partial charge in [0.25, 0.3) is 0 Å². The summed E-state index contributed by atoms with van der Waals surface area (Å²) < 4.78 is 3.59.